The highest BCUT2D eigenvalue weighted by molar-refractivity contribution is 8.76. The Hall–Kier alpha value is -5.48. The summed E-state index contributed by atoms with van der Waals surface area (Å²) in [7, 11) is -4.47. The van der Waals surface area contributed by atoms with Crippen LogP contribution < -0.4 is 53.0 Å². The maximum Gasteiger partial charge on any atom is 0.00632 e. The molecule has 4 unspecified atom stereocenters. The predicted molar refractivity (Wildman–Crippen MR) is 312 cm³/mol. The molecular weight excluding hydrogens is 931 g/mol. The predicted octanol–water partition coefficient (Wildman–Crippen LogP) is 13.2. The van der Waals surface area contributed by atoms with Crippen molar-refractivity contribution in [3.05, 3.63) is 303 Å². The van der Waals surface area contributed by atoms with E-state index in [2.05, 4.69) is 303 Å². The summed E-state index contributed by atoms with van der Waals surface area (Å²) < 4.78 is 3.54. The number of hydrogen-bond acceptors (Lipinski definition) is 0. The normalized spacial score (nSPS) is 17.4. The van der Waals surface area contributed by atoms with Crippen LogP contribution in [0.25, 0.3) is 0 Å². The fraction of sp³-hybridized carbons (Fsp3) is 0. The Morgan fingerprint density at radius 2 is 0.294 bits per heavy atom. The van der Waals surface area contributed by atoms with E-state index >= 15 is 0 Å². The van der Waals surface area contributed by atoms with E-state index in [-0.39, 0.29) is 0 Å². The highest BCUT2D eigenvalue weighted by Gasteiger charge is 2.54. The molecule has 6 heteroatoms. The zero-order valence-corrected chi connectivity index (χ0v) is 42.9. The molecule has 1 saturated heterocycles. The van der Waals surface area contributed by atoms with Gasteiger partial charge in [0.25, 0.3) is 0 Å². The summed E-state index contributed by atoms with van der Waals surface area (Å²) in [5.74, 6) is 0. The molecule has 328 valence electrons. The minimum atomic E-state index is -2.68. The van der Waals surface area contributed by atoms with Gasteiger partial charge in [-0.2, -0.15) is 0 Å². The minimum absolute atomic E-state index is 1.12. The Morgan fingerprint density at radius 1 is 0.162 bits per heavy atom. The smallest absolute Gasteiger partial charge is 0.00632 e. The van der Waals surface area contributed by atoms with Gasteiger partial charge in [-0.1, -0.05) is 303 Å². The van der Waals surface area contributed by atoms with Gasteiger partial charge in [0.15, 0.2) is 0 Å². The van der Waals surface area contributed by atoms with Crippen molar-refractivity contribution in [2.45, 2.75) is 0 Å². The monoisotopic (exact) mass is 980 g/mol. The van der Waals surface area contributed by atoms with Crippen LogP contribution in [0.5, 0.6) is 0 Å². The highest BCUT2D eigenvalue weighted by atomic mass is 32.1. The molecule has 11 rings (SSSR count). The zero-order chi connectivity index (χ0) is 45.6. The summed E-state index contributed by atoms with van der Waals surface area (Å²) >= 11 is 0. The highest BCUT2D eigenvalue weighted by Crippen LogP contribution is 2.95. The van der Waals surface area contributed by atoms with Gasteiger partial charge in [-0.05, 0) is 97.3 Å². The van der Waals surface area contributed by atoms with Crippen molar-refractivity contribution >= 4 is 107 Å². The van der Waals surface area contributed by atoms with E-state index in [0.29, 0.717) is 0 Å². The maximum absolute atomic E-state index is 2.68. The first-order chi connectivity index (χ1) is 33.8. The quantitative estimate of drug-likeness (QED) is 0.120. The Kier molecular flexibility index (Phi) is 13.6. The van der Waals surface area contributed by atoms with Gasteiger partial charge in [0.2, 0.25) is 0 Å². The molecule has 0 nitrogen and oxygen atoms in total. The molecular formula is C62H50P6. The van der Waals surface area contributed by atoms with E-state index in [4.69, 9.17) is 0 Å². The lowest BCUT2D eigenvalue weighted by atomic mass is 10.4. The van der Waals surface area contributed by atoms with Crippen LogP contribution in [-0.2, 0) is 0 Å². The van der Waals surface area contributed by atoms with Crippen molar-refractivity contribution in [1.29, 1.82) is 0 Å². The molecule has 10 aromatic rings. The molecule has 1 heterocycles. The van der Waals surface area contributed by atoms with Gasteiger partial charge in [0.1, 0.15) is 0 Å². The van der Waals surface area contributed by atoms with E-state index in [1.807, 2.05) is 0 Å². The van der Waals surface area contributed by atoms with Crippen LogP contribution in [0.15, 0.2) is 303 Å². The third-order valence-electron chi connectivity index (χ3n) is 12.6. The molecule has 1 fully saturated rings. The molecule has 0 spiro atoms. The number of benzene rings is 10. The third-order valence-corrected chi connectivity index (χ3v) is 45.5. The Labute approximate surface area is 407 Å². The molecule has 0 bridgehead atoms. The lowest BCUT2D eigenvalue weighted by Gasteiger charge is -2.53. The zero-order valence-electron chi connectivity index (χ0n) is 37.6. The van der Waals surface area contributed by atoms with Gasteiger partial charge < -0.3 is 0 Å². The van der Waals surface area contributed by atoms with Crippen molar-refractivity contribution in [2.24, 2.45) is 0 Å². The van der Waals surface area contributed by atoms with E-state index in [1.165, 1.54) is 53.0 Å². The fourth-order valence-electron chi connectivity index (χ4n) is 9.80. The van der Waals surface area contributed by atoms with Gasteiger partial charge in [0.05, 0.1) is 0 Å². The molecule has 10 aromatic carbocycles. The Balaban J connectivity index is 1.52. The second kappa shape index (κ2) is 20.6. The summed E-state index contributed by atoms with van der Waals surface area (Å²) in [4.78, 5) is 0. The van der Waals surface area contributed by atoms with Crippen LogP contribution >= 0.6 is 44.2 Å². The maximum atomic E-state index is 2.50. The Bertz CT molecular complexity index is 2790. The first-order valence-corrected chi connectivity index (χ1v) is 33.4. The molecule has 0 radical (unpaired) electrons. The number of hydrogen-bond donors (Lipinski definition) is 0. The van der Waals surface area contributed by atoms with E-state index < -0.39 is 44.2 Å². The molecule has 1 aliphatic heterocycles. The van der Waals surface area contributed by atoms with E-state index in [9.17, 15) is 0 Å². The Morgan fingerprint density at radius 3 is 0.441 bits per heavy atom. The first kappa shape index (κ1) is 45.0. The second-order valence-corrected chi connectivity index (χ2v) is 36.5. The van der Waals surface area contributed by atoms with Gasteiger partial charge in [0, 0.05) is 9.55 Å². The lowest BCUT2D eigenvalue weighted by Crippen LogP contribution is -2.36. The summed E-state index contributed by atoms with van der Waals surface area (Å²) in [6.45, 7) is -5.35. The van der Waals surface area contributed by atoms with Crippen LogP contribution in [0.4, 0.5) is 0 Å². The van der Waals surface area contributed by atoms with Crippen molar-refractivity contribution in [3.8, 4) is 0 Å². The van der Waals surface area contributed by atoms with Gasteiger partial charge in [-0.25, -0.2) is 0 Å². The molecule has 1 aliphatic rings. The fourth-order valence-corrected chi connectivity index (χ4v) is 56.3. The van der Waals surface area contributed by atoms with Crippen molar-refractivity contribution in [2.75, 3.05) is 0 Å². The third kappa shape index (κ3) is 8.12. The van der Waals surface area contributed by atoms with Crippen LogP contribution in [0.1, 0.15) is 0 Å². The lowest BCUT2D eigenvalue weighted by molar-refractivity contribution is 1.73. The van der Waals surface area contributed by atoms with Crippen LogP contribution in [0.3, 0.4) is 0 Å². The summed E-state index contributed by atoms with van der Waals surface area (Å²) in [5.41, 5.74) is 0. The molecule has 0 amide bonds. The minimum Gasteiger partial charge on any atom is -0.0622 e. The largest absolute Gasteiger partial charge is 0.0622 e. The first-order valence-electron chi connectivity index (χ1n) is 23.1. The average Bonchev–Trinajstić information content (AvgIpc) is 3.44. The molecule has 0 saturated carbocycles. The van der Waals surface area contributed by atoms with Crippen LogP contribution in [0, 0.1) is 0 Å². The second-order valence-electron chi connectivity index (χ2n) is 16.5. The van der Waals surface area contributed by atoms with Crippen LogP contribution in [-0.4, -0.2) is 9.55 Å². The SMILES string of the molecule is c1ccc(P2C(=P(c3ccccc3)(c3ccccc3)c3ccccc3)P(c3ccccc3)P(c3ccccc3)C(=P(c3ccccc3)(c3ccccc3)c3ccccc3)P2c2ccccc2)cc1. The molecule has 68 heavy (non-hydrogen) atoms. The van der Waals surface area contributed by atoms with Crippen LogP contribution in [0.2, 0.25) is 0 Å². The number of rotatable bonds is 10. The summed E-state index contributed by atoms with van der Waals surface area (Å²) in [6.07, 6.45) is 0. The topological polar surface area (TPSA) is 0 Å². The summed E-state index contributed by atoms with van der Waals surface area (Å²) in [5, 5.41) is 14.3. The van der Waals surface area contributed by atoms with Crippen molar-refractivity contribution in [1.82, 2.24) is 0 Å². The summed E-state index contributed by atoms with van der Waals surface area (Å²) in [6, 6.07) is 118. The average molecular weight is 981 g/mol. The van der Waals surface area contributed by atoms with E-state index in [1.54, 1.807) is 9.55 Å². The van der Waals surface area contributed by atoms with Gasteiger partial charge in [-0.15, -0.1) is 0 Å². The molecule has 0 aliphatic carbocycles. The molecule has 4 atom stereocenters. The van der Waals surface area contributed by atoms with E-state index in [0.717, 1.165) is 0 Å². The van der Waals surface area contributed by atoms with Crippen molar-refractivity contribution < 1.29 is 0 Å². The van der Waals surface area contributed by atoms with Gasteiger partial charge >= 0.3 is 0 Å². The standard InChI is InChI=1S/C62H50P6/c1-11-31-51(32-12-1)63-61(67(55-39-19-5-20-40-55,56-41-21-6-22-42-56)57-43-23-7-24-44-57)65(53-35-15-3-16-36-53)66(54-37-17-4-18-38-54)62(64(63)52-33-13-2-14-34-52)68(58-45-25-8-26-46-58,59-47-27-9-28-48-59)60-49-29-10-30-50-60/h1-50H. The van der Waals surface area contributed by atoms with Crippen molar-refractivity contribution in [3.63, 3.8) is 0 Å². The molecule has 0 N–H and O–H groups in total. The molecule has 0 aromatic heterocycles. The van der Waals surface area contributed by atoms with Gasteiger partial charge in [-0.3, -0.25) is 0 Å².